The summed E-state index contributed by atoms with van der Waals surface area (Å²) in [5, 5.41) is 15.6. The number of hydrogen-bond acceptors (Lipinski definition) is 3. The van der Waals surface area contributed by atoms with E-state index in [1.54, 1.807) is 36.3 Å². The molecular formula is C13H13N3O3. The molecular weight excluding hydrogens is 246 g/mol. The topological polar surface area (TPSA) is 84.2 Å². The Morgan fingerprint density at radius 1 is 1.37 bits per heavy atom. The van der Waals surface area contributed by atoms with Crippen molar-refractivity contribution in [3.05, 3.63) is 53.3 Å². The molecule has 98 valence electrons. The molecule has 1 aromatic heterocycles. The summed E-state index contributed by atoms with van der Waals surface area (Å²) in [6, 6.07) is 5.91. The van der Waals surface area contributed by atoms with E-state index >= 15 is 0 Å². The Labute approximate surface area is 109 Å². The van der Waals surface area contributed by atoms with Gasteiger partial charge in [0, 0.05) is 30.9 Å². The number of aromatic carboxylic acids is 1. The molecule has 6 nitrogen and oxygen atoms in total. The van der Waals surface area contributed by atoms with Crippen LogP contribution in [0.4, 0.5) is 0 Å². The minimum Gasteiger partial charge on any atom is -0.478 e. The molecule has 0 spiro atoms. The van der Waals surface area contributed by atoms with Crippen LogP contribution in [-0.2, 0) is 13.6 Å². The second-order valence-electron chi connectivity index (χ2n) is 4.09. The molecule has 0 radical (unpaired) electrons. The van der Waals surface area contributed by atoms with E-state index in [0.717, 1.165) is 5.56 Å². The van der Waals surface area contributed by atoms with Crippen LogP contribution < -0.4 is 5.32 Å². The Morgan fingerprint density at radius 2 is 2.11 bits per heavy atom. The minimum absolute atomic E-state index is 0.0917. The van der Waals surface area contributed by atoms with Crippen molar-refractivity contribution in [3.63, 3.8) is 0 Å². The van der Waals surface area contributed by atoms with Gasteiger partial charge in [-0.25, -0.2) is 4.79 Å². The molecule has 0 saturated heterocycles. The molecule has 1 heterocycles. The second-order valence-corrected chi connectivity index (χ2v) is 4.09. The van der Waals surface area contributed by atoms with E-state index in [1.165, 1.54) is 12.1 Å². The summed E-state index contributed by atoms with van der Waals surface area (Å²) in [6.07, 6.45) is 3.46. The maximum absolute atomic E-state index is 11.9. The number of amides is 1. The fourth-order valence-electron chi connectivity index (χ4n) is 1.64. The van der Waals surface area contributed by atoms with Gasteiger partial charge in [0.2, 0.25) is 0 Å². The SMILES string of the molecule is Cn1cc(CNC(=O)c2cccc(C(=O)O)c2)cn1. The van der Waals surface area contributed by atoms with Crippen LogP contribution in [0.5, 0.6) is 0 Å². The van der Waals surface area contributed by atoms with Crippen molar-refractivity contribution in [2.45, 2.75) is 6.54 Å². The number of carbonyl (C=O) groups is 2. The summed E-state index contributed by atoms with van der Waals surface area (Å²) in [5.74, 6) is -1.37. The minimum atomic E-state index is -1.05. The Kier molecular flexibility index (Phi) is 3.61. The quantitative estimate of drug-likeness (QED) is 0.859. The monoisotopic (exact) mass is 259 g/mol. The summed E-state index contributed by atoms with van der Waals surface area (Å²) in [7, 11) is 1.79. The average Bonchev–Trinajstić information content (AvgIpc) is 2.82. The van der Waals surface area contributed by atoms with Gasteiger partial charge in [0.1, 0.15) is 0 Å². The highest BCUT2D eigenvalue weighted by Crippen LogP contribution is 2.06. The Morgan fingerprint density at radius 3 is 2.74 bits per heavy atom. The molecule has 2 rings (SSSR count). The highest BCUT2D eigenvalue weighted by molar-refractivity contribution is 5.97. The summed E-state index contributed by atoms with van der Waals surface area (Å²) in [5.41, 5.74) is 1.29. The van der Waals surface area contributed by atoms with Crippen molar-refractivity contribution in [2.75, 3.05) is 0 Å². The molecule has 2 N–H and O–H groups in total. The van der Waals surface area contributed by atoms with Crippen LogP contribution in [0.2, 0.25) is 0 Å². The Hall–Kier alpha value is -2.63. The van der Waals surface area contributed by atoms with Gasteiger partial charge in [-0.3, -0.25) is 9.48 Å². The van der Waals surface area contributed by atoms with Crippen LogP contribution >= 0.6 is 0 Å². The highest BCUT2D eigenvalue weighted by Gasteiger charge is 2.09. The number of aryl methyl sites for hydroxylation is 1. The summed E-state index contributed by atoms with van der Waals surface area (Å²) < 4.78 is 1.65. The molecule has 1 aromatic carbocycles. The van der Waals surface area contributed by atoms with E-state index in [4.69, 9.17) is 5.11 Å². The molecule has 0 fully saturated rings. The van der Waals surface area contributed by atoms with Crippen molar-refractivity contribution in [2.24, 2.45) is 7.05 Å². The zero-order valence-corrected chi connectivity index (χ0v) is 10.3. The number of carbonyl (C=O) groups excluding carboxylic acids is 1. The van der Waals surface area contributed by atoms with Gasteiger partial charge in [-0.1, -0.05) is 6.07 Å². The van der Waals surface area contributed by atoms with Crippen molar-refractivity contribution < 1.29 is 14.7 Å². The maximum Gasteiger partial charge on any atom is 0.335 e. The lowest BCUT2D eigenvalue weighted by Crippen LogP contribution is -2.22. The van der Waals surface area contributed by atoms with E-state index in [1.807, 2.05) is 0 Å². The molecule has 0 aliphatic heterocycles. The van der Waals surface area contributed by atoms with Gasteiger partial charge in [0.25, 0.3) is 5.91 Å². The first-order valence-corrected chi connectivity index (χ1v) is 5.65. The standard InChI is InChI=1S/C13H13N3O3/c1-16-8-9(7-15-16)6-14-12(17)10-3-2-4-11(5-10)13(18)19/h2-5,7-8H,6H2,1H3,(H,14,17)(H,18,19). The largest absolute Gasteiger partial charge is 0.478 e. The number of carboxylic acid groups (broad SMARTS) is 1. The first-order chi connectivity index (χ1) is 9.06. The molecule has 0 aliphatic carbocycles. The van der Waals surface area contributed by atoms with Gasteiger partial charge >= 0.3 is 5.97 Å². The van der Waals surface area contributed by atoms with Gasteiger partial charge in [0.05, 0.1) is 11.8 Å². The first kappa shape index (κ1) is 12.8. The number of carboxylic acids is 1. The average molecular weight is 259 g/mol. The van der Waals surface area contributed by atoms with Gasteiger partial charge in [0.15, 0.2) is 0 Å². The van der Waals surface area contributed by atoms with E-state index in [0.29, 0.717) is 12.1 Å². The van der Waals surface area contributed by atoms with E-state index in [-0.39, 0.29) is 11.5 Å². The zero-order chi connectivity index (χ0) is 13.8. The summed E-state index contributed by atoms with van der Waals surface area (Å²) in [4.78, 5) is 22.7. The van der Waals surface area contributed by atoms with E-state index in [2.05, 4.69) is 10.4 Å². The van der Waals surface area contributed by atoms with Crippen LogP contribution in [0.1, 0.15) is 26.3 Å². The predicted octanol–water partition coefficient (Wildman–Crippen LogP) is 1.05. The molecule has 0 atom stereocenters. The second kappa shape index (κ2) is 5.34. The Balaban J connectivity index is 2.03. The predicted molar refractivity (Wildman–Crippen MR) is 67.8 cm³/mol. The number of hydrogen-bond donors (Lipinski definition) is 2. The van der Waals surface area contributed by atoms with Gasteiger partial charge in [-0.05, 0) is 18.2 Å². The number of rotatable bonds is 4. The fourth-order valence-corrected chi connectivity index (χ4v) is 1.64. The van der Waals surface area contributed by atoms with Crippen LogP contribution in [0.3, 0.4) is 0 Å². The Bertz CT molecular complexity index is 619. The van der Waals surface area contributed by atoms with Crippen LogP contribution in [-0.4, -0.2) is 26.8 Å². The molecule has 0 saturated carbocycles. The molecule has 2 aromatic rings. The number of aromatic nitrogens is 2. The lowest BCUT2D eigenvalue weighted by Gasteiger charge is -2.04. The normalized spacial score (nSPS) is 10.2. The van der Waals surface area contributed by atoms with E-state index < -0.39 is 5.97 Å². The van der Waals surface area contributed by atoms with Crippen molar-refractivity contribution in [1.82, 2.24) is 15.1 Å². The van der Waals surface area contributed by atoms with Crippen LogP contribution in [0.25, 0.3) is 0 Å². The number of nitrogens with one attached hydrogen (secondary N) is 1. The maximum atomic E-state index is 11.9. The van der Waals surface area contributed by atoms with Gasteiger partial charge < -0.3 is 10.4 Å². The van der Waals surface area contributed by atoms with Crippen molar-refractivity contribution >= 4 is 11.9 Å². The summed E-state index contributed by atoms with van der Waals surface area (Å²) in [6.45, 7) is 0.351. The number of nitrogens with zero attached hydrogens (tertiary/aromatic N) is 2. The van der Waals surface area contributed by atoms with Gasteiger partial charge in [-0.2, -0.15) is 5.10 Å². The fraction of sp³-hybridized carbons (Fsp3) is 0.154. The highest BCUT2D eigenvalue weighted by atomic mass is 16.4. The third-order valence-electron chi connectivity index (χ3n) is 2.58. The molecule has 0 unspecified atom stereocenters. The molecule has 0 aliphatic rings. The molecule has 1 amide bonds. The lowest BCUT2D eigenvalue weighted by atomic mass is 10.1. The lowest BCUT2D eigenvalue weighted by molar-refractivity contribution is 0.0697. The first-order valence-electron chi connectivity index (χ1n) is 5.65. The molecule has 19 heavy (non-hydrogen) atoms. The molecule has 0 bridgehead atoms. The van der Waals surface area contributed by atoms with Crippen molar-refractivity contribution in [1.29, 1.82) is 0 Å². The van der Waals surface area contributed by atoms with Gasteiger partial charge in [-0.15, -0.1) is 0 Å². The number of benzene rings is 1. The smallest absolute Gasteiger partial charge is 0.335 e. The van der Waals surface area contributed by atoms with E-state index in [9.17, 15) is 9.59 Å². The van der Waals surface area contributed by atoms with Crippen molar-refractivity contribution in [3.8, 4) is 0 Å². The third kappa shape index (κ3) is 3.19. The zero-order valence-electron chi connectivity index (χ0n) is 10.3. The third-order valence-corrected chi connectivity index (χ3v) is 2.58. The molecule has 6 heteroatoms. The summed E-state index contributed by atoms with van der Waals surface area (Å²) >= 11 is 0. The van der Waals surface area contributed by atoms with Crippen LogP contribution in [0, 0.1) is 0 Å². The van der Waals surface area contributed by atoms with Crippen LogP contribution in [0.15, 0.2) is 36.7 Å².